The minimum atomic E-state index is 0.569. The van der Waals surface area contributed by atoms with Gasteiger partial charge in [-0.1, -0.05) is 13.8 Å². The lowest BCUT2D eigenvalue weighted by Gasteiger charge is -2.23. The van der Waals surface area contributed by atoms with Gasteiger partial charge in [-0.25, -0.2) is 0 Å². The van der Waals surface area contributed by atoms with Crippen molar-refractivity contribution in [1.29, 1.82) is 0 Å². The first-order valence-corrected chi connectivity index (χ1v) is 6.86. The molecule has 1 heterocycles. The SMILES string of the molecule is CCCOCC(NCC)C1CCCS1. The van der Waals surface area contributed by atoms with E-state index in [9.17, 15) is 0 Å². The molecule has 84 valence electrons. The summed E-state index contributed by atoms with van der Waals surface area (Å²) in [5.74, 6) is 1.33. The quantitative estimate of drug-likeness (QED) is 0.661. The van der Waals surface area contributed by atoms with Crippen molar-refractivity contribution in [2.75, 3.05) is 25.5 Å². The van der Waals surface area contributed by atoms with Crippen LogP contribution < -0.4 is 5.32 Å². The Kier molecular flexibility index (Phi) is 6.65. The molecule has 2 nitrogen and oxygen atoms in total. The molecule has 0 aromatic carbocycles. The van der Waals surface area contributed by atoms with Crippen LogP contribution in [0.3, 0.4) is 0 Å². The monoisotopic (exact) mass is 217 g/mol. The van der Waals surface area contributed by atoms with Gasteiger partial charge < -0.3 is 10.1 Å². The number of rotatable bonds is 7. The molecule has 1 aliphatic rings. The van der Waals surface area contributed by atoms with Gasteiger partial charge in [0, 0.05) is 17.9 Å². The van der Waals surface area contributed by atoms with Crippen LogP contribution in [0.4, 0.5) is 0 Å². The van der Waals surface area contributed by atoms with Crippen molar-refractivity contribution in [2.45, 2.75) is 44.4 Å². The van der Waals surface area contributed by atoms with Gasteiger partial charge in [0.25, 0.3) is 0 Å². The summed E-state index contributed by atoms with van der Waals surface area (Å²) in [5, 5.41) is 4.32. The average molecular weight is 217 g/mol. The van der Waals surface area contributed by atoms with Crippen LogP contribution in [0.15, 0.2) is 0 Å². The Bertz CT molecular complexity index is 137. The van der Waals surface area contributed by atoms with Crippen molar-refractivity contribution >= 4 is 11.8 Å². The third kappa shape index (κ3) is 4.20. The van der Waals surface area contributed by atoms with Crippen molar-refractivity contribution in [2.24, 2.45) is 0 Å². The standard InChI is InChI=1S/C11H23NOS/c1-3-7-13-9-10(12-4-2)11-6-5-8-14-11/h10-12H,3-9H2,1-2H3. The van der Waals surface area contributed by atoms with Crippen molar-refractivity contribution in [3.63, 3.8) is 0 Å². The first-order chi connectivity index (χ1) is 6.88. The molecule has 1 aliphatic heterocycles. The van der Waals surface area contributed by atoms with Crippen molar-refractivity contribution < 1.29 is 4.74 Å². The van der Waals surface area contributed by atoms with Gasteiger partial charge in [0.05, 0.1) is 6.61 Å². The number of hydrogen-bond donors (Lipinski definition) is 1. The Balaban J connectivity index is 2.22. The largest absolute Gasteiger partial charge is 0.380 e. The van der Waals surface area contributed by atoms with E-state index in [-0.39, 0.29) is 0 Å². The van der Waals surface area contributed by atoms with E-state index in [1.54, 1.807) is 0 Å². The van der Waals surface area contributed by atoms with Gasteiger partial charge in [-0.15, -0.1) is 0 Å². The third-order valence-corrected chi connectivity index (χ3v) is 4.04. The first-order valence-electron chi connectivity index (χ1n) is 5.81. The Labute approximate surface area is 92.2 Å². The van der Waals surface area contributed by atoms with E-state index >= 15 is 0 Å². The molecule has 0 aromatic rings. The minimum Gasteiger partial charge on any atom is -0.380 e. The lowest BCUT2D eigenvalue weighted by Crippen LogP contribution is -2.41. The number of ether oxygens (including phenoxy) is 1. The zero-order valence-corrected chi connectivity index (χ0v) is 10.2. The molecule has 0 aliphatic carbocycles. The highest BCUT2D eigenvalue weighted by Crippen LogP contribution is 2.28. The summed E-state index contributed by atoms with van der Waals surface area (Å²) in [4.78, 5) is 0. The predicted octanol–water partition coefficient (Wildman–Crippen LogP) is 2.29. The smallest absolute Gasteiger partial charge is 0.0630 e. The fourth-order valence-corrected chi connectivity index (χ4v) is 3.21. The van der Waals surface area contributed by atoms with Gasteiger partial charge in [0.15, 0.2) is 0 Å². The molecule has 0 radical (unpaired) electrons. The van der Waals surface area contributed by atoms with E-state index in [0.717, 1.165) is 31.4 Å². The molecule has 2 atom stereocenters. The van der Waals surface area contributed by atoms with Gasteiger partial charge in [-0.3, -0.25) is 0 Å². The lowest BCUT2D eigenvalue weighted by atomic mass is 10.1. The summed E-state index contributed by atoms with van der Waals surface area (Å²) in [6.45, 7) is 7.18. The maximum absolute atomic E-state index is 5.63. The maximum Gasteiger partial charge on any atom is 0.0630 e. The van der Waals surface area contributed by atoms with Gasteiger partial charge in [0.2, 0.25) is 0 Å². The second-order valence-corrected chi connectivity index (χ2v) is 5.14. The van der Waals surface area contributed by atoms with Crippen LogP contribution in [0.25, 0.3) is 0 Å². The summed E-state index contributed by atoms with van der Waals surface area (Å²) in [6.07, 6.45) is 3.86. The van der Waals surface area contributed by atoms with Crippen LogP contribution in [0, 0.1) is 0 Å². The van der Waals surface area contributed by atoms with Crippen LogP contribution in [-0.4, -0.2) is 36.8 Å². The highest BCUT2D eigenvalue weighted by atomic mass is 32.2. The predicted molar refractivity (Wildman–Crippen MR) is 64.1 cm³/mol. The van der Waals surface area contributed by atoms with Gasteiger partial charge in [-0.2, -0.15) is 11.8 Å². The van der Waals surface area contributed by atoms with Crippen molar-refractivity contribution in [1.82, 2.24) is 5.32 Å². The topological polar surface area (TPSA) is 21.3 Å². The molecule has 0 aromatic heterocycles. The molecule has 1 fully saturated rings. The zero-order valence-electron chi connectivity index (χ0n) is 9.42. The van der Waals surface area contributed by atoms with E-state index in [2.05, 4.69) is 30.9 Å². The Morgan fingerprint density at radius 3 is 2.93 bits per heavy atom. The zero-order chi connectivity index (χ0) is 10.2. The van der Waals surface area contributed by atoms with Crippen LogP contribution in [0.5, 0.6) is 0 Å². The van der Waals surface area contributed by atoms with E-state index in [4.69, 9.17) is 4.74 Å². The molecular formula is C11H23NOS. The second-order valence-electron chi connectivity index (χ2n) is 3.79. The first kappa shape index (κ1) is 12.3. The summed E-state index contributed by atoms with van der Waals surface area (Å²) < 4.78 is 5.63. The molecule has 0 bridgehead atoms. The number of nitrogens with one attached hydrogen (secondary N) is 1. The molecule has 0 amide bonds. The molecule has 14 heavy (non-hydrogen) atoms. The van der Waals surface area contributed by atoms with E-state index < -0.39 is 0 Å². The normalized spacial score (nSPS) is 24.0. The van der Waals surface area contributed by atoms with Crippen LogP contribution >= 0.6 is 11.8 Å². The fourth-order valence-electron chi connectivity index (χ4n) is 1.83. The van der Waals surface area contributed by atoms with Crippen LogP contribution in [0.2, 0.25) is 0 Å². The minimum absolute atomic E-state index is 0.569. The summed E-state index contributed by atoms with van der Waals surface area (Å²) in [5.41, 5.74) is 0. The number of thioether (sulfide) groups is 1. The van der Waals surface area contributed by atoms with Crippen LogP contribution in [-0.2, 0) is 4.74 Å². The summed E-state index contributed by atoms with van der Waals surface area (Å²) in [7, 11) is 0. The maximum atomic E-state index is 5.63. The Morgan fingerprint density at radius 1 is 1.50 bits per heavy atom. The van der Waals surface area contributed by atoms with Gasteiger partial charge in [0.1, 0.15) is 0 Å². The molecule has 3 heteroatoms. The van der Waals surface area contributed by atoms with Crippen molar-refractivity contribution in [3.8, 4) is 0 Å². The van der Waals surface area contributed by atoms with Gasteiger partial charge >= 0.3 is 0 Å². The van der Waals surface area contributed by atoms with Crippen LogP contribution in [0.1, 0.15) is 33.1 Å². The molecule has 0 spiro atoms. The highest BCUT2D eigenvalue weighted by molar-refractivity contribution is 8.00. The molecular weight excluding hydrogens is 194 g/mol. The van der Waals surface area contributed by atoms with E-state index in [1.165, 1.54) is 18.6 Å². The average Bonchev–Trinajstić information content (AvgIpc) is 2.70. The second kappa shape index (κ2) is 7.55. The highest BCUT2D eigenvalue weighted by Gasteiger charge is 2.24. The summed E-state index contributed by atoms with van der Waals surface area (Å²) in [6, 6.07) is 0.569. The molecule has 2 unspecified atom stereocenters. The Morgan fingerprint density at radius 2 is 2.36 bits per heavy atom. The Hall–Kier alpha value is 0.270. The molecule has 0 saturated carbocycles. The lowest BCUT2D eigenvalue weighted by molar-refractivity contribution is 0.111. The van der Waals surface area contributed by atoms with E-state index in [0.29, 0.717) is 6.04 Å². The van der Waals surface area contributed by atoms with E-state index in [1.807, 2.05) is 0 Å². The number of likely N-dealkylation sites (N-methyl/N-ethyl adjacent to an activating group) is 1. The molecule has 1 N–H and O–H groups in total. The molecule has 1 saturated heterocycles. The number of hydrogen-bond acceptors (Lipinski definition) is 3. The molecule has 1 rings (SSSR count). The van der Waals surface area contributed by atoms with Crippen molar-refractivity contribution in [3.05, 3.63) is 0 Å². The van der Waals surface area contributed by atoms with Gasteiger partial charge in [-0.05, 0) is 31.6 Å². The third-order valence-electron chi connectivity index (χ3n) is 2.53. The fraction of sp³-hybridized carbons (Fsp3) is 1.00. The summed E-state index contributed by atoms with van der Waals surface area (Å²) >= 11 is 2.11.